The van der Waals surface area contributed by atoms with Crippen molar-refractivity contribution in [3.05, 3.63) is 218 Å². The van der Waals surface area contributed by atoms with Crippen molar-refractivity contribution in [2.24, 2.45) is 0 Å². The van der Waals surface area contributed by atoms with E-state index in [1.807, 2.05) is 68.0 Å². The highest BCUT2D eigenvalue weighted by Crippen LogP contribution is 2.39. The van der Waals surface area contributed by atoms with Gasteiger partial charge >= 0.3 is 12.0 Å². The number of hydrogen-bond donors (Lipinski definition) is 3. The van der Waals surface area contributed by atoms with Gasteiger partial charge in [-0.25, -0.2) is 14.8 Å². The number of aromatic carboxylic acids is 1. The lowest BCUT2D eigenvalue weighted by atomic mass is 9.90. The number of carboxylic acid groups (broad SMARTS) is 1. The Bertz CT molecular complexity index is 3830. The van der Waals surface area contributed by atoms with Crippen molar-refractivity contribution in [2.45, 2.75) is 47.0 Å². The van der Waals surface area contributed by atoms with E-state index in [-0.39, 0.29) is 28.9 Å². The number of carbonyl (C=O) groups excluding carboxylic acids is 1. The Hall–Kier alpha value is -7.76. The number of nitrogens with two attached hydrogens (primary N) is 1. The molecule has 0 fully saturated rings. The van der Waals surface area contributed by atoms with E-state index in [4.69, 9.17) is 50.1 Å². The van der Waals surface area contributed by atoms with Gasteiger partial charge in [-0.3, -0.25) is 25.1 Å². The molecule has 0 aliphatic carbocycles. The Kier molecular flexibility index (Phi) is 18.5. The maximum atomic E-state index is 12.3. The first-order chi connectivity index (χ1) is 37.4. The Morgan fingerprint density at radius 1 is 0.526 bits per heavy atom. The number of pyridine rings is 3. The van der Waals surface area contributed by atoms with Crippen molar-refractivity contribution < 1.29 is 23.5 Å². The summed E-state index contributed by atoms with van der Waals surface area (Å²) >= 11 is 24.1. The van der Waals surface area contributed by atoms with Crippen LogP contribution in [-0.2, 0) is 5.41 Å². The van der Waals surface area contributed by atoms with Crippen LogP contribution in [0.5, 0.6) is 0 Å². The summed E-state index contributed by atoms with van der Waals surface area (Å²) in [4.78, 5) is 47.1. The van der Waals surface area contributed by atoms with Gasteiger partial charge in [-0.2, -0.15) is 0 Å². The van der Waals surface area contributed by atoms with Gasteiger partial charge in [0.25, 0.3) is 11.9 Å². The molecule has 11 rings (SSSR count). The van der Waals surface area contributed by atoms with E-state index in [2.05, 4.69) is 116 Å². The maximum absolute atomic E-state index is 12.3. The standard InChI is InChI=1S/C20H14ClN3O2S.C20H18ClNO2S.C17H14ClNS.C3H4N2O/c1-12-8-13(4-5-22-12)18-10-15(11-27-18)16-3-2-14(9-17(16)21)19(25)24-20-23-6-7-26-20;1-20(2,3)18-10-12(6-7-22-18)17-9-14(11-25-17)15-5-4-13(19(23)24)8-16(15)21;1-11-3-4-15(16(18)7-11)14-9-17(20-10-14)13-5-6-19-12(2)8-13;4-3-5-1-2-6-3/h2-11H,1H3,(H,23,24,25);4-11H,1-3H3,(H,23,24);3-10H,1-2H3;1-2H,(H2,4,5). The molecule has 0 saturated heterocycles. The first-order valence-corrected chi connectivity index (χ1v) is 27.7. The summed E-state index contributed by atoms with van der Waals surface area (Å²) in [6.07, 6.45) is 11.3. The van der Waals surface area contributed by atoms with Crippen LogP contribution in [-0.4, -0.2) is 41.9 Å². The second kappa shape index (κ2) is 25.6. The van der Waals surface area contributed by atoms with Crippen LogP contribution < -0.4 is 11.1 Å². The molecule has 0 spiro atoms. The average Bonchev–Trinajstić information content (AvgIpc) is 4.30. The van der Waals surface area contributed by atoms with Gasteiger partial charge in [0.2, 0.25) is 0 Å². The van der Waals surface area contributed by atoms with Crippen LogP contribution in [0.15, 0.2) is 178 Å². The van der Waals surface area contributed by atoms with Crippen LogP contribution in [0, 0.1) is 20.8 Å². The number of aromatic nitrogens is 5. The third-order valence-corrected chi connectivity index (χ3v) is 15.5. The molecule has 11 aromatic rings. The number of nitrogens with zero attached hydrogens (tertiary/aromatic N) is 5. The molecule has 12 nitrogen and oxygen atoms in total. The molecule has 0 aliphatic heterocycles. The van der Waals surface area contributed by atoms with E-state index < -0.39 is 5.97 Å². The van der Waals surface area contributed by atoms with Gasteiger partial charge in [0.05, 0.1) is 18.0 Å². The minimum atomic E-state index is -0.981. The predicted molar refractivity (Wildman–Crippen MR) is 319 cm³/mol. The number of oxazole rings is 2. The summed E-state index contributed by atoms with van der Waals surface area (Å²) in [5, 5.41) is 19.6. The maximum Gasteiger partial charge on any atom is 0.335 e. The van der Waals surface area contributed by atoms with Gasteiger partial charge < -0.3 is 19.7 Å². The van der Waals surface area contributed by atoms with Gasteiger partial charge in [-0.1, -0.05) is 79.8 Å². The number of halogens is 3. The number of thiophene rings is 3. The number of carboxylic acids is 1. The van der Waals surface area contributed by atoms with Crippen molar-refractivity contribution in [1.29, 1.82) is 0 Å². The smallest absolute Gasteiger partial charge is 0.335 e. The molecule has 0 unspecified atom stereocenters. The molecular weight excluding hydrogens is 1100 g/mol. The van der Waals surface area contributed by atoms with Crippen molar-refractivity contribution in [2.75, 3.05) is 11.1 Å². The number of nitrogen functional groups attached to an aromatic ring is 1. The molecule has 18 heteroatoms. The first kappa shape index (κ1) is 56.4. The molecule has 3 aromatic carbocycles. The fourth-order valence-electron chi connectivity index (χ4n) is 7.59. The van der Waals surface area contributed by atoms with Crippen molar-refractivity contribution in [1.82, 2.24) is 24.9 Å². The fraction of sp³-hybridized carbons (Fsp3) is 0.117. The van der Waals surface area contributed by atoms with E-state index in [0.717, 1.165) is 70.8 Å². The SMILES string of the molecule is CC(C)(C)c1cc(-c2cc(-c3ccc(C(=O)O)cc3Cl)cs2)ccn1.Cc1cc(-c2cc(-c3ccc(C(=O)Nc4ncco4)cc3Cl)cs2)ccn1.Cc1ccc(-c2csc(-c3ccnc(C)c3)c2)c(Cl)c1.Nc1ncco1. The first-order valence-electron chi connectivity index (χ1n) is 23.9. The predicted octanol–water partition coefficient (Wildman–Crippen LogP) is 17.8. The molecule has 8 heterocycles. The summed E-state index contributed by atoms with van der Waals surface area (Å²) in [6, 6.07) is 35.2. The Morgan fingerprint density at radius 2 is 0.987 bits per heavy atom. The Morgan fingerprint density at radius 3 is 1.41 bits per heavy atom. The fourth-order valence-corrected chi connectivity index (χ4v) is 11.2. The third kappa shape index (κ3) is 14.8. The summed E-state index contributed by atoms with van der Waals surface area (Å²) in [7, 11) is 0. The summed E-state index contributed by atoms with van der Waals surface area (Å²) in [5.74, 6) is -1.31. The number of aryl methyl sites for hydroxylation is 3. The van der Waals surface area contributed by atoms with Crippen LogP contribution in [0.25, 0.3) is 64.7 Å². The molecule has 8 aromatic heterocycles. The van der Waals surface area contributed by atoms with E-state index in [0.29, 0.717) is 15.6 Å². The van der Waals surface area contributed by atoms with Crippen molar-refractivity contribution >= 4 is 92.7 Å². The van der Waals surface area contributed by atoms with Gasteiger partial charge in [0.15, 0.2) is 0 Å². The monoisotopic (exact) mass is 1150 g/mol. The second-order valence-corrected chi connectivity index (χ2v) is 22.4. The van der Waals surface area contributed by atoms with Gasteiger partial charge in [-0.15, -0.1) is 34.0 Å². The van der Waals surface area contributed by atoms with Crippen LogP contribution in [0.1, 0.15) is 64.1 Å². The minimum Gasteiger partial charge on any atom is -0.478 e. The lowest BCUT2D eigenvalue weighted by Gasteiger charge is -2.17. The normalized spacial score (nSPS) is 10.8. The number of rotatable bonds is 9. The largest absolute Gasteiger partial charge is 0.478 e. The molecular formula is C60H50Cl3N7O5S3. The van der Waals surface area contributed by atoms with Crippen LogP contribution in [0.2, 0.25) is 15.1 Å². The number of hydrogen-bond acceptors (Lipinski definition) is 13. The zero-order valence-corrected chi connectivity index (χ0v) is 47.6. The summed E-state index contributed by atoms with van der Waals surface area (Å²) < 4.78 is 9.52. The van der Waals surface area contributed by atoms with Gasteiger partial charge in [-0.05, 0) is 161 Å². The van der Waals surface area contributed by atoms with E-state index in [9.17, 15) is 9.59 Å². The summed E-state index contributed by atoms with van der Waals surface area (Å²) in [5.41, 5.74) is 19.2. The molecule has 0 bridgehead atoms. The highest BCUT2D eigenvalue weighted by molar-refractivity contribution is 7.14. The molecule has 0 radical (unpaired) electrons. The minimum absolute atomic E-state index is 0.00787. The zero-order valence-electron chi connectivity index (χ0n) is 42.9. The highest BCUT2D eigenvalue weighted by atomic mass is 35.5. The van der Waals surface area contributed by atoms with E-state index in [1.165, 1.54) is 52.6 Å². The average molecular weight is 1150 g/mol. The molecule has 0 aliphatic rings. The number of nitrogens with one attached hydrogen (secondary N) is 1. The summed E-state index contributed by atoms with van der Waals surface area (Å²) in [6.45, 7) is 12.5. The van der Waals surface area contributed by atoms with Crippen LogP contribution >= 0.6 is 68.8 Å². The Labute approximate surface area is 478 Å². The molecule has 394 valence electrons. The molecule has 4 N–H and O–H groups in total. The number of carbonyl (C=O) groups is 2. The van der Waals surface area contributed by atoms with Gasteiger partial charge in [0, 0.05) is 93.0 Å². The van der Waals surface area contributed by atoms with Crippen LogP contribution in [0.4, 0.5) is 12.0 Å². The molecule has 78 heavy (non-hydrogen) atoms. The van der Waals surface area contributed by atoms with Crippen molar-refractivity contribution in [3.8, 4) is 64.7 Å². The quantitative estimate of drug-likeness (QED) is 0.125. The number of benzene rings is 3. The number of anilines is 2. The van der Waals surface area contributed by atoms with Crippen LogP contribution in [0.3, 0.4) is 0 Å². The Balaban J connectivity index is 0.000000147. The van der Waals surface area contributed by atoms with E-state index >= 15 is 0 Å². The lowest BCUT2D eigenvalue weighted by Crippen LogP contribution is -2.13. The lowest BCUT2D eigenvalue weighted by molar-refractivity contribution is 0.0696. The van der Waals surface area contributed by atoms with Gasteiger partial charge in [0.1, 0.15) is 12.5 Å². The molecule has 0 atom stereocenters. The van der Waals surface area contributed by atoms with E-state index in [1.54, 1.807) is 64.5 Å². The topological polar surface area (TPSA) is 183 Å². The zero-order chi connectivity index (χ0) is 55.5. The second-order valence-electron chi connectivity index (χ2n) is 18.5. The molecule has 0 saturated carbocycles. The molecule has 1 amide bonds. The van der Waals surface area contributed by atoms with Crippen molar-refractivity contribution in [3.63, 3.8) is 0 Å². The third-order valence-electron chi connectivity index (χ3n) is 11.6. The number of amides is 1. The highest BCUT2D eigenvalue weighted by Gasteiger charge is 2.18.